The molecule has 0 spiro atoms. The molecule has 0 saturated heterocycles. The Hall–Kier alpha value is -1.05. The van der Waals surface area contributed by atoms with Crippen LogP contribution in [0.1, 0.15) is 38.2 Å². The van der Waals surface area contributed by atoms with Gasteiger partial charge in [-0.2, -0.15) is 0 Å². The van der Waals surface area contributed by atoms with Gasteiger partial charge in [-0.25, -0.2) is 21.9 Å². The van der Waals surface area contributed by atoms with Gasteiger partial charge in [-0.1, -0.05) is 19.8 Å². The maximum Gasteiger partial charge on any atom is 0.243 e. The standard InChI is InChI=1S/C14H20F2N2O2S/c1-14(6-2-3-7-14)9-18-21(19,20)12-5-4-11(15)10(8-17)13(12)16/h4-5,18H,2-3,6-9,17H2,1H3. The van der Waals surface area contributed by atoms with Gasteiger partial charge in [0.25, 0.3) is 0 Å². The van der Waals surface area contributed by atoms with Gasteiger partial charge in [-0.15, -0.1) is 0 Å². The van der Waals surface area contributed by atoms with E-state index in [0.29, 0.717) is 0 Å². The summed E-state index contributed by atoms with van der Waals surface area (Å²) in [6, 6.07) is 1.86. The minimum absolute atomic E-state index is 0.0970. The van der Waals surface area contributed by atoms with Gasteiger partial charge in [-0.3, -0.25) is 0 Å². The minimum atomic E-state index is -4.01. The van der Waals surface area contributed by atoms with E-state index in [1.807, 2.05) is 6.92 Å². The van der Waals surface area contributed by atoms with Gasteiger partial charge in [0.05, 0.1) is 0 Å². The largest absolute Gasteiger partial charge is 0.326 e. The number of benzene rings is 1. The Balaban J connectivity index is 2.24. The van der Waals surface area contributed by atoms with Crippen LogP contribution in [0.25, 0.3) is 0 Å². The summed E-state index contributed by atoms with van der Waals surface area (Å²) in [4.78, 5) is -0.550. The molecule has 1 aliphatic carbocycles. The molecule has 7 heteroatoms. The first-order valence-corrected chi connectivity index (χ1v) is 8.44. The van der Waals surface area contributed by atoms with Crippen molar-refractivity contribution >= 4 is 10.0 Å². The van der Waals surface area contributed by atoms with E-state index >= 15 is 0 Å². The molecule has 4 nitrogen and oxygen atoms in total. The molecule has 0 heterocycles. The zero-order valence-corrected chi connectivity index (χ0v) is 12.8. The van der Waals surface area contributed by atoms with E-state index in [9.17, 15) is 17.2 Å². The van der Waals surface area contributed by atoms with Crippen LogP contribution in [-0.2, 0) is 16.6 Å². The molecule has 0 aromatic heterocycles. The van der Waals surface area contributed by atoms with E-state index in [1.165, 1.54) is 0 Å². The fraction of sp³-hybridized carbons (Fsp3) is 0.571. The number of halogens is 2. The van der Waals surface area contributed by atoms with Crippen LogP contribution in [0.4, 0.5) is 8.78 Å². The lowest BCUT2D eigenvalue weighted by Gasteiger charge is -2.23. The monoisotopic (exact) mass is 318 g/mol. The number of hydrogen-bond donors (Lipinski definition) is 2. The summed E-state index contributed by atoms with van der Waals surface area (Å²) in [6.07, 6.45) is 4.02. The number of sulfonamides is 1. The summed E-state index contributed by atoms with van der Waals surface area (Å²) < 4.78 is 54.3. The van der Waals surface area contributed by atoms with Crippen molar-refractivity contribution in [1.82, 2.24) is 4.72 Å². The zero-order valence-electron chi connectivity index (χ0n) is 12.0. The first kappa shape index (κ1) is 16.3. The molecule has 1 fully saturated rings. The average Bonchev–Trinajstić information content (AvgIpc) is 2.84. The molecule has 0 atom stereocenters. The lowest BCUT2D eigenvalue weighted by molar-refractivity contribution is 0.336. The van der Waals surface area contributed by atoms with Gasteiger partial charge in [-0.05, 0) is 30.4 Å². The van der Waals surface area contributed by atoms with Gasteiger partial charge < -0.3 is 5.73 Å². The fourth-order valence-corrected chi connectivity index (χ4v) is 4.02. The molecular weight excluding hydrogens is 298 g/mol. The predicted molar refractivity (Wildman–Crippen MR) is 76.0 cm³/mol. The molecule has 0 unspecified atom stereocenters. The van der Waals surface area contributed by atoms with Gasteiger partial charge in [0.1, 0.15) is 10.7 Å². The Morgan fingerprint density at radius 2 is 1.90 bits per heavy atom. The van der Waals surface area contributed by atoms with E-state index < -0.39 is 38.7 Å². The van der Waals surface area contributed by atoms with Gasteiger partial charge in [0, 0.05) is 18.7 Å². The van der Waals surface area contributed by atoms with Crippen LogP contribution in [0.2, 0.25) is 0 Å². The smallest absolute Gasteiger partial charge is 0.243 e. The molecule has 21 heavy (non-hydrogen) atoms. The second-order valence-corrected chi connectivity index (χ2v) is 7.62. The van der Waals surface area contributed by atoms with Crippen molar-refractivity contribution < 1.29 is 17.2 Å². The summed E-state index contributed by atoms with van der Waals surface area (Å²) >= 11 is 0. The van der Waals surface area contributed by atoms with Crippen LogP contribution < -0.4 is 10.5 Å². The van der Waals surface area contributed by atoms with Crippen molar-refractivity contribution in [2.75, 3.05) is 6.54 Å². The van der Waals surface area contributed by atoms with E-state index in [1.54, 1.807) is 0 Å². The molecule has 118 valence electrons. The van der Waals surface area contributed by atoms with Gasteiger partial charge in [0.2, 0.25) is 10.0 Å². The lowest BCUT2D eigenvalue weighted by atomic mass is 9.89. The van der Waals surface area contributed by atoms with Crippen molar-refractivity contribution in [3.05, 3.63) is 29.3 Å². The minimum Gasteiger partial charge on any atom is -0.326 e. The Morgan fingerprint density at radius 1 is 1.29 bits per heavy atom. The maximum atomic E-state index is 14.1. The lowest BCUT2D eigenvalue weighted by Crippen LogP contribution is -2.34. The van der Waals surface area contributed by atoms with Crippen LogP contribution in [0.5, 0.6) is 0 Å². The number of nitrogens with one attached hydrogen (secondary N) is 1. The highest BCUT2D eigenvalue weighted by Gasteiger charge is 2.31. The van der Waals surface area contributed by atoms with Crippen LogP contribution >= 0.6 is 0 Å². The third-order valence-electron chi connectivity index (χ3n) is 4.14. The summed E-state index contributed by atoms with van der Waals surface area (Å²) in [7, 11) is -4.01. The molecule has 0 radical (unpaired) electrons. The molecule has 2 rings (SSSR count). The highest BCUT2D eigenvalue weighted by Crippen LogP contribution is 2.37. The zero-order chi connectivity index (χ0) is 15.7. The first-order chi connectivity index (χ1) is 9.79. The number of rotatable bonds is 5. The Kier molecular flexibility index (Phi) is 4.65. The summed E-state index contributed by atoms with van der Waals surface area (Å²) in [6.45, 7) is 1.87. The maximum absolute atomic E-state index is 14.1. The summed E-state index contributed by atoms with van der Waals surface area (Å²) in [5.74, 6) is -1.95. The van der Waals surface area contributed by atoms with Crippen LogP contribution in [0.15, 0.2) is 17.0 Å². The molecule has 3 N–H and O–H groups in total. The van der Waals surface area contributed by atoms with Crippen molar-refractivity contribution in [3.63, 3.8) is 0 Å². The van der Waals surface area contributed by atoms with E-state index in [0.717, 1.165) is 37.8 Å². The Morgan fingerprint density at radius 3 is 2.48 bits per heavy atom. The SMILES string of the molecule is CC1(CNS(=O)(=O)c2ccc(F)c(CN)c2F)CCCC1. The topological polar surface area (TPSA) is 72.2 Å². The van der Waals surface area contributed by atoms with E-state index in [4.69, 9.17) is 5.73 Å². The van der Waals surface area contributed by atoms with E-state index in [2.05, 4.69) is 4.72 Å². The highest BCUT2D eigenvalue weighted by atomic mass is 32.2. The second-order valence-electron chi connectivity index (χ2n) is 5.88. The fourth-order valence-electron chi connectivity index (χ4n) is 2.72. The number of hydrogen-bond acceptors (Lipinski definition) is 3. The predicted octanol–water partition coefficient (Wildman–Crippen LogP) is 2.28. The molecule has 0 bridgehead atoms. The van der Waals surface area contributed by atoms with Crippen LogP contribution in [0, 0.1) is 17.0 Å². The Labute approximate surface area is 123 Å². The van der Waals surface area contributed by atoms with Crippen molar-refractivity contribution in [2.24, 2.45) is 11.1 Å². The molecule has 0 amide bonds. The number of nitrogens with two attached hydrogens (primary N) is 1. The van der Waals surface area contributed by atoms with Crippen LogP contribution in [0.3, 0.4) is 0 Å². The summed E-state index contributed by atoms with van der Waals surface area (Å²) in [5, 5.41) is 0. The summed E-state index contributed by atoms with van der Waals surface area (Å²) in [5.41, 5.74) is 4.75. The molecular formula is C14H20F2N2O2S. The molecule has 1 aromatic carbocycles. The average molecular weight is 318 g/mol. The van der Waals surface area contributed by atoms with Crippen LogP contribution in [-0.4, -0.2) is 15.0 Å². The third-order valence-corrected chi connectivity index (χ3v) is 5.56. The molecule has 1 aliphatic rings. The Bertz CT molecular complexity index is 626. The van der Waals surface area contributed by atoms with Crippen molar-refractivity contribution in [3.8, 4) is 0 Å². The van der Waals surface area contributed by atoms with Crippen molar-refractivity contribution in [1.29, 1.82) is 0 Å². The third kappa shape index (κ3) is 3.41. The van der Waals surface area contributed by atoms with Gasteiger partial charge >= 0.3 is 0 Å². The first-order valence-electron chi connectivity index (χ1n) is 6.96. The molecule has 1 saturated carbocycles. The quantitative estimate of drug-likeness (QED) is 0.875. The highest BCUT2D eigenvalue weighted by molar-refractivity contribution is 7.89. The van der Waals surface area contributed by atoms with Crippen molar-refractivity contribution in [2.45, 2.75) is 44.0 Å². The second kappa shape index (κ2) is 5.98. The molecule has 1 aromatic rings. The molecule has 0 aliphatic heterocycles. The van der Waals surface area contributed by atoms with E-state index in [-0.39, 0.29) is 12.0 Å². The van der Waals surface area contributed by atoms with Gasteiger partial charge in [0.15, 0.2) is 5.82 Å². The normalized spacial score (nSPS) is 18.1.